The summed E-state index contributed by atoms with van der Waals surface area (Å²) in [5.41, 5.74) is 2.48. The van der Waals surface area contributed by atoms with Crippen molar-refractivity contribution in [2.45, 2.75) is 17.2 Å². The molecule has 2 aromatic rings. The Morgan fingerprint density at radius 1 is 1.40 bits per heavy atom. The maximum Gasteiger partial charge on any atom is 0.252 e. The topological polar surface area (TPSA) is 62.3 Å². The summed E-state index contributed by atoms with van der Waals surface area (Å²) >= 11 is 2.80. The number of hydrogen-bond donors (Lipinski definition) is 1. The molecular weight excluding hydrogens is 314 g/mol. The fraction of sp³-hybridized carbons (Fsp3) is 0.417. The van der Waals surface area contributed by atoms with Gasteiger partial charge in [-0.25, -0.2) is 13.4 Å². The number of thiazole rings is 1. The van der Waals surface area contributed by atoms with Crippen molar-refractivity contribution in [1.82, 2.24) is 14.6 Å². The molecule has 0 saturated heterocycles. The van der Waals surface area contributed by atoms with Gasteiger partial charge in [-0.05, 0) is 32.1 Å². The standard InChI is InChI=1S/C12H17N3O2S3/c1-13-6-5-11-3-4-12(19-11)20(16,17)15(2)7-10-8-18-9-14-10/h3-4,8-9,13H,5-7H2,1-2H3. The highest BCUT2D eigenvalue weighted by Gasteiger charge is 2.23. The van der Waals surface area contributed by atoms with E-state index in [1.165, 1.54) is 27.0 Å². The van der Waals surface area contributed by atoms with Crippen LogP contribution in [-0.4, -0.2) is 38.3 Å². The van der Waals surface area contributed by atoms with Crippen molar-refractivity contribution in [3.05, 3.63) is 33.6 Å². The minimum atomic E-state index is -3.42. The summed E-state index contributed by atoms with van der Waals surface area (Å²) in [6.07, 6.45) is 0.840. The quantitative estimate of drug-likeness (QED) is 0.840. The van der Waals surface area contributed by atoms with Crippen LogP contribution >= 0.6 is 22.7 Å². The first-order valence-corrected chi connectivity index (χ1v) is 9.30. The van der Waals surface area contributed by atoms with E-state index in [0.29, 0.717) is 10.8 Å². The second-order valence-electron chi connectivity index (χ2n) is 4.32. The van der Waals surface area contributed by atoms with Gasteiger partial charge in [-0.3, -0.25) is 0 Å². The molecule has 0 atom stereocenters. The highest BCUT2D eigenvalue weighted by Crippen LogP contribution is 2.25. The van der Waals surface area contributed by atoms with Crippen LogP contribution in [0, 0.1) is 0 Å². The molecule has 0 saturated carbocycles. The lowest BCUT2D eigenvalue weighted by molar-refractivity contribution is 0.464. The van der Waals surface area contributed by atoms with E-state index >= 15 is 0 Å². The number of aromatic nitrogens is 1. The number of nitrogens with zero attached hydrogens (tertiary/aromatic N) is 2. The Morgan fingerprint density at radius 3 is 2.85 bits per heavy atom. The SMILES string of the molecule is CNCCc1ccc(S(=O)(=O)N(C)Cc2cscn2)s1. The Bertz CT molecular complexity index is 635. The van der Waals surface area contributed by atoms with Crippen LogP contribution < -0.4 is 5.32 Å². The molecule has 2 rings (SSSR count). The molecule has 110 valence electrons. The molecule has 0 unspecified atom stereocenters. The predicted octanol–water partition coefficient (Wildman–Crippen LogP) is 1.79. The second kappa shape index (κ2) is 6.77. The summed E-state index contributed by atoms with van der Waals surface area (Å²) in [4.78, 5) is 5.19. The largest absolute Gasteiger partial charge is 0.319 e. The minimum Gasteiger partial charge on any atom is -0.319 e. The van der Waals surface area contributed by atoms with E-state index in [0.717, 1.165) is 23.5 Å². The van der Waals surface area contributed by atoms with Crippen LogP contribution in [0.1, 0.15) is 10.6 Å². The fourth-order valence-corrected chi connectivity index (χ4v) is 4.92. The number of hydrogen-bond acceptors (Lipinski definition) is 6. The Hall–Kier alpha value is -0.800. The lowest BCUT2D eigenvalue weighted by Gasteiger charge is -2.14. The van der Waals surface area contributed by atoms with Gasteiger partial charge in [-0.1, -0.05) is 0 Å². The fourth-order valence-electron chi connectivity index (χ4n) is 1.66. The average Bonchev–Trinajstić information content (AvgIpc) is 3.07. The zero-order valence-corrected chi connectivity index (χ0v) is 13.8. The normalized spacial score (nSPS) is 12.2. The van der Waals surface area contributed by atoms with Gasteiger partial charge < -0.3 is 5.32 Å². The van der Waals surface area contributed by atoms with Gasteiger partial charge in [0.1, 0.15) is 4.21 Å². The summed E-state index contributed by atoms with van der Waals surface area (Å²) in [6.45, 7) is 1.14. The molecule has 20 heavy (non-hydrogen) atoms. The Kier molecular flexibility index (Phi) is 5.28. The summed E-state index contributed by atoms with van der Waals surface area (Å²) in [7, 11) is 0.0436. The lowest BCUT2D eigenvalue weighted by atomic mass is 10.3. The van der Waals surface area contributed by atoms with E-state index in [-0.39, 0.29) is 0 Å². The van der Waals surface area contributed by atoms with Crippen LogP contribution in [0.25, 0.3) is 0 Å². The molecule has 2 heterocycles. The molecule has 0 spiro atoms. The van der Waals surface area contributed by atoms with E-state index in [1.54, 1.807) is 18.6 Å². The first-order chi connectivity index (χ1) is 9.54. The van der Waals surface area contributed by atoms with Crippen molar-refractivity contribution in [3.63, 3.8) is 0 Å². The van der Waals surface area contributed by atoms with E-state index in [4.69, 9.17) is 0 Å². The summed E-state index contributed by atoms with van der Waals surface area (Å²) in [5, 5.41) is 4.92. The molecule has 0 bridgehead atoms. The Morgan fingerprint density at radius 2 is 2.20 bits per heavy atom. The van der Waals surface area contributed by atoms with Crippen LogP contribution in [-0.2, 0) is 23.0 Å². The van der Waals surface area contributed by atoms with E-state index in [2.05, 4.69) is 10.3 Å². The van der Waals surface area contributed by atoms with E-state index in [1.807, 2.05) is 18.5 Å². The van der Waals surface area contributed by atoms with Gasteiger partial charge in [0.2, 0.25) is 0 Å². The number of likely N-dealkylation sites (N-methyl/N-ethyl adjacent to an activating group) is 1. The number of sulfonamides is 1. The van der Waals surface area contributed by atoms with Gasteiger partial charge in [0, 0.05) is 17.3 Å². The molecule has 0 aliphatic heterocycles. The lowest BCUT2D eigenvalue weighted by Crippen LogP contribution is -2.25. The molecule has 0 radical (unpaired) electrons. The number of thiophene rings is 1. The molecular formula is C12H17N3O2S3. The smallest absolute Gasteiger partial charge is 0.252 e. The number of nitrogens with one attached hydrogen (secondary N) is 1. The molecule has 0 amide bonds. The third-order valence-electron chi connectivity index (χ3n) is 2.79. The van der Waals surface area contributed by atoms with Crippen LogP contribution in [0.4, 0.5) is 0 Å². The van der Waals surface area contributed by atoms with Crippen molar-refractivity contribution in [2.24, 2.45) is 0 Å². The molecule has 0 aromatic carbocycles. The second-order valence-corrected chi connectivity index (χ2v) is 8.47. The van der Waals surface area contributed by atoms with E-state index in [9.17, 15) is 8.42 Å². The van der Waals surface area contributed by atoms with Gasteiger partial charge >= 0.3 is 0 Å². The summed E-state index contributed by atoms with van der Waals surface area (Å²) < 4.78 is 26.6. The minimum absolute atomic E-state index is 0.301. The maximum atomic E-state index is 12.4. The van der Waals surface area contributed by atoms with Crippen molar-refractivity contribution >= 4 is 32.7 Å². The Balaban J connectivity index is 2.10. The highest BCUT2D eigenvalue weighted by molar-refractivity contribution is 7.91. The average molecular weight is 331 g/mol. The summed E-state index contributed by atoms with van der Waals surface area (Å²) in [6, 6.07) is 3.56. The Labute approximate surface area is 127 Å². The van der Waals surface area contributed by atoms with Crippen LogP contribution in [0.15, 0.2) is 27.2 Å². The van der Waals surface area contributed by atoms with Crippen molar-refractivity contribution < 1.29 is 8.42 Å². The van der Waals surface area contributed by atoms with E-state index < -0.39 is 10.0 Å². The van der Waals surface area contributed by atoms with Gasteiger partial charge in [-0.2, -0.15) is 4.31 Å². The maximum absolute atomic E-state index is 12.4. The molecule has 2 aromatic heterocycles. The van der Waals surface area contributed by atoms with Gasteiger partial charge in [0.05, 0.1) is 17.7 Å². The zero-order chi connectivity index (χ0) is 14.6. The molecule has 0 aliphatic rings. The first-order valence-electron chi connectivity index (χ1n) is 6.10. The molecule has 0 aliphatic carbocycles. The van der Waals surface area contributed by atoms with Crippen molar-refractivity contribution in [2.75, 3.05) is 20.6 Å². The van der Waals surface area contributed by atoms with Crippen LogP contribution in [0.3, 0.4) is 0 Å². The molecule has 1 N–H and O–H groups in total. The first kappa shape index (κ1) is 15.6. The van der Waals surface area contributed by atoms with Crippen LogP contribution in [0.2, 0.25) is 0 Å². The third kappa shape index (κ3) is 3.64. The highest BCUT2D eigenvalue weighted by atomic mass is 32.2. The van der Waals surface area contributed by atoms with Crippen LogP contribution in [0.5, 0.6) is 0 Å². The number of rotatable bonds is 7. The monoisotopic (exact) mass is 331 g/mol. The predicted molar refractivity (Wildman–Crippen MR) is 82.7 cm³/mol. The van der Waals surface area contributed by atoms with Gasteiger partial charge in [-0.15, -0.1) is 22.7 Å². The van der Waals surface area contributed by atoms with Gasteiger partial charge in [0.15, 0.2) is 0 Å². The van der Waals surface area contributed by atoms with Crippen molar-refractivity contribution in [3.8, 4) is 0 Å². The molecule has 8 heteroatoms. The summed E-state index contributed by atoms with van der Waals surface area (Å²) in [5.74, 6) is 0. The molecule has 0 fully saturated rings. The van der Waals surface area contributed by atoms with Crippen molar-refractivity contribution in [1.29, 1.82) is 0 Å². The third-order valence-corrected chi connectivity index (χ3v) is 6.84. The van der Waals surface area contributed by atoms with Gasteiger partial charge in [0.25, 0.3) is 10.0 Å². The zero-order valence-electron chi connectivity index (χ0n) is 11.4. The molecule has 5 nitrogen and oxygen atoms in total.